The van der Waals surface area contributed by atoms with E-state index < -0.39 is 5.76 Å². The number of rotatable bonds is 2. The lowest BCUT2D eigenvalue weighted by atomic mass is 10.2. The van der Waals surface area contributed by atoms with Crippen molar-refractivity contribution in [1.82, 2.24) is 4.57 Å². The summed E-state index contributed by atoms with van der Waals surface area (Å²) in [5, 5.41) is 1.82. The molecule has 0 saturated carbocycles. The van der Waals surface area contributed by atoms with Crippen LogP contribution in [0.2, 0.25) is 0 Å². The van der Waals surface area contributed by atoms with Crippen molar-refractivity contribution in [3.05, 3.63) is 24.3 Å². The van der Waals surface area contributed by atoms with Crippen LogP contribution in [0.1, 0.15) is 0 Å². The Morgan fingerprint density at radius 2 is 2.00 bits per heavy atom. The molecule has 2 heterocycles. The standard InChI is InChI=1S/C9H5F2NS/c10-9(11)13-8-7-5-3-1-2-4-6(5)12(7)8/h1-4,9H. The molecule has 0 saturated heterocycles. The first kappa shape index (κ1) is 7.38. The summed E-state index contributed by atoms with van der Waals surface area (Å²) in [5.41, 5.74) is 2.04. The highest BCUT2D eigenvalue weighted by Crippen LogP contribution is 2.51. The van der Waals surface area contributed by atoms with Crippen molar-refractivity contribution in [1.29, 1.82) is 0 Å². The number of hydrogen-bond donors (Lipinski definition) is 0. The minimum atomic E-state index is -2.32. The highest BCUT2D eigenvalue weighted by atomic mass is 32.2. The summed E-state index contributed by atoms with van der Waals surface area (Å²) in [6, 6.07) is 7.74. The fourth-order valence-electron chi connectivity index (χ4n) is 1.62. The quantitative estimate of drug-likeness (QED) is 0.571. The largest absolute Gasteiger partial charge is 0.299 e. The second kappa shape index (κ2) is 2.26. The highest BCUT2D eigenvalue weighted by molar-refractivity contribution is 7.99. The normalized spacial score (nSPS) is 12.8. The molecule has 0 aromatic heterocycles. The van der Waals surface area contributed by atoms with E-state index in [1.807, 2.05) is 28.8 Å². The molecule has 0 spiro atoms. The van der Waals surface area contributed by atoms with Crippen molar-refractivity contribution in [3.63, 3.8) is 0 Å². The average Bonchev–Trinajstić information content (AvgIpc) is 2.66. The van der Waals surface area contributed by atoms with Gasteiger partial charge >= 0.3 is 0 Å². The molecular formula is C9H5F2NS. The van der Waals surface area contributed by atoms with Gasteiger partial charge in [-0.1, -0.05) is 18.2 Å². The topological polar surface area (TPSA) is 4.93 Å². The minimum absolute atomic E-state index is 0.628. The van der Waals surface area contributed by atoms with E-state index in [0.717, 1.165) is 21.6 Å². The van der Waals surface area contributed by atoms with Crippen molar-refractivity contribution in [2.24, 2.45) is 0 Å². The zero-order valence-corrected chi connectivity index (χ0v) is 7.31. The summed E-state index contributed by atoms with van der Waals surface area (Å²) in [6.07, 6.45) is 0. The summed E-state index contributed by atoms with van der Waals surface area (Å²) in [6.45, 7) is 0. The molecule has 0 aliphatic carbocycles. The van der Waals surface area contributed by atoms with E-state index in [0.29, 0.717) is 11.8 Å². The van der Waals surface area contributed by atoms with E-state index in [1.54, 1.807) is 0 Å². The lowest BCUT2D eigenvalue weighted by Gasteiger charge is -2.01. The van der Waals surface area contributed by atoms with Gasteiger partial charge in [-0.25, -0.2) is 0 Å². The van der Waals surface area contributed by atoms with Crippen LogP contribution in [0.25, 0.3) is 16.6 Å². The lowest BCUT2D eigenvalue weighted by molar-refractivity contribution is 0.252. The van der Waals surface area contributed by atoms with E-state index in [9.17, 15) is 8.78 Å². The fourth-order valence-corrected chi connectivity index (χ4v) is 2.35. The Labute approximate surface area is 77.3 Å². The van der Waals surface area contributed by atoms with Crippen LogP contribution in [-0.2, 0) is 0 Å². The molecule has 0 bridgehead atoms. The third-order valence-electron chi connectivity index (χ3n) is 2.18. The molecule has 1 aromatic rings. The van der Waals surface area contributed by atoms with Crippen molar-refractivity contribution >= 4 is 22.7 Å². The molecule has 3 rings (SSSR count). The van der Waals surface area contributed by atoms with E-state index in [1.165, 1.54) is 0 Å². The van der Waals surface area contributed by atoms with Gasteiger partial charge in [-0.05, 0) is 17.8 Å². The smallest absolute Gasteiger partial charge is 0.290 e. The van der Waals surface area contributed by atoms with Gasteiger partial charge in [-0.3, -0.25) is 4.57 Å². The molecule has 1 aromatic carbocycles. The molecule has 4 heteroatoms. The highest BCUT2D eigenvalue weighted by Gasteiger charge is 2.34. The van der Waals surface area contributed by atoms with Crippen LogP contribution in [0.15, 0.2) is 29.3 Å². The van der Waals surface area contributed by atoms with Crippen molar-refractivity contribution in [2.75, 3.05) is 0 Å². The number of alkyl halides is 2. The Hall–Kier alpha value is -1.03. The number of benzene rings is 1. The molecule has 0 fully saturated rings. The van der Waals surface area contributed by atoms with Gasteiger partial charge in [0.15, 0.2) is 0 Å². The van der Waals surface area contributed by atoms with E-state index >= 15 is 0 Å². The number of thioether (sulfide) groups is 1. The first-order valence-electron chi connectivity index (χ1n) is 3.87. The molecule has 2 aliphatic heterocycles. The SMILES string of the molecule is FC(F)Sc1c2c3ccccc3n1-2. The Morgan fingerprint density at radius 1 is 1.23 bits per heavy atom. The maximum absolute atomic E-state index is 12.0. The lowest BCUT2D eigenvalue weighted by Crippen LogP contribution is -1.85. The molecule has 0 radical (unpaired) electrons. The summed E-state index contributed by atoms with van der Waals surface area (Å²) < 4.78 is 25.9. The molecule has 2 aliphatic rings. The van der Waals surface area contributed by atoms with Crippen LogP contribution < -0.4 is 0 Å². The predicted octanol–water partition coefficient (Wildman–Crippen LogP) is 3.26. The van der Waals surface area contributed by atoms with Crippen molar-refractivity contribution in [2.45, 2.75) is 10.8 Å². The Morgan fingerprint density at radius 3 is 2.69 bits per heavy atom. The van der Waals surface area contributed by atoms with Gasteiger partial charge in [0.2, 0.25) is 0 Å². The number of hydrogen-bond acceptors (Lipinski definition) is 1. The second-order valence-corrected chi connectivity index (χ2v) is 3.86. The monoisotopic (exact) mass is 197 g/mol. The average molecular weight is 197 g/mol. The van der Waals surface area contributed by atoms with Gasteiger partial charge in [-0.15, -0.1) is 0 Å². The molecule has 13 heavy (non-hydrogen) atoms. The summed E-state index contributed by atoms with van der Waals surface area (Å²) >= 11 is 0.628. The first-order valence-corrected chi connectivity index (χ1v) is 4.75. The van der Waals surface area contributed by atoms with Crippen LogP contribution in [0.5, 0.6) is 0 Å². The van der Waals surface area contributed by atoms with Crippen LogP contribution in [0.4, 0.5) is 8.78 Å². The van der Waals surface area contributed by atoms with Gasteiger partial charge < -0.3 is 0 Å². The summed E-state index contributed by atoms with van der Waals surface area (Å²) in [5.74, 6) is -2.32. The minimum Gasteiger partial charge on any atom is -0.299 e. The first-order chi connectivity index (χ1) is 6.29. The predicted molar refractivity (Wildman–Crippen MR) is 48.7 cm³/mol. The maximum atomic E-state index is 12.0. The molecule has 0 atom stereocenters. The summed E-state index contributed by atoms with van der Waals surface area (Å²) in [7, 11) is 0. The van der Waals surface area contributed by atoms with Gasteiger partial charge in [-0.2, -0.15) is 8.78 Å². The van der Waals surface area contributed by atoms with Crippen LogP contribution in [0, 0.1) is 0 Å². The van der Waals surface area contributed by atoms with E-state index in [2.05, 4.69) is 0 Å². The van der Waals surface area contributed by atoms with E-state index in [-0.39, 0.29) is 0 Å². The number of nitrogens with zero attached hydrogens (tertiary/aromatic N) is 1. The number of halogens is 2. The maximum Gasteiger partial charge on any atom is 0.290 e. The number of fused-ring (bicyclic) bond motifs is 4. The van der Waals surface area contributed by atoms with Crippen LogP contribution in [-0.4, -0.2) is 10.3 Å². The molecule has 0 N–H and O–H groups in total. The van der Waals surface area contributed by atoms with Gasteiger partial charge in [0.1, 0.15) is 5.03 Å². The molecule has 66 valence electrons. The van der Waals surface area contributed by atoms with Gasteiger partial charge in [0.05, 0.1) is 11.2 Å². The molecule has 1 nitrogen and oxygen atoms in total. The van der Waals surface area contributed by atoms with E-state index in [4.69, 9.17) is 0 Å². The third-order valence-corrected chi connectivity index (χ3v) is 2.96. The van der Waals surface area contributed by atoms with Crippen LogP contribution in [0.3, 0.4) is 0 Å². The number of aromatic nitrogens is 1. The van der Waals surface area contributed by atoms with Crippen LogP contribution >= 0.6 is 11.8 Å². The van der Waals surface area contributed by atoms with Gasteiger partial charge in [0.25, 0.3) is 5.76 Å². The van der Waals surface area contributed by atoms with Gasteiger partial charge in [0, 0.05) is 5.39 Å². The zero-order chi connectivity index (χ0) is 9.00. The fraction of sp³-hybridized carbons (Fsp3) is 0.111. The second-order valence-electron chi connectivity index (χ2n) is 2.88. The zero-order valence-electron chi connectivity index (χ0n) is 6.50. The Balaban J connectivity index is 2.08. The van der Waals surface area contributed by atoms with Crippen molar-refractivity contribution < 1.29 is 8.78 Å². The van der Waals surface area contributed by atoms with Crippen molar-refractivity contribution in [3.8, 4) is 5.69 Å². The summed E-state index contributed by atoms with van der Waals surface area (Å²) in [4.78, 5) is 0. The Kier molecular flexibility index (Phi) is 1.28. The molecule has 0 unspecified atom stereocenters. The third kappa shape index (κ3) is 0.864. The molecule has 0 amide bonds. The Bertz CT molecular complexity index is 451. The number of para-hydroxylation sites is 1. The molecular weight excluding hydrogens is 192 g/mol.